The molecule has 0 amide bonds. The van der Waals surface area contributed by atoms with E-state index >= 15 is 0 Å². The summed E-state index contributed by atoms with van der Waals surface area (Å²) in [6.45, 7) is 6.69. The van der Waals surface area contributed by atoms with Crippen molar-refractivity contribution in [1.82, 2.24) is 10.2 Å². The first-order chi connectivity index (χ1) is 10.8. The van der Waals surface area contributed by atoms with Gasteiger partial charge in [-0.25, -0.2) is 0 Å². The van der Waals surface area contributed by atoms with Crippen LogP contribution in [0.3, 0.4) is 0 Å². The van der Waals surface area contributed by atoms with Crippen molar-refractivity contribution in [2.75, 3.05) is 38.1 Å². The molecule has 0 aliphatic carbocycles. The van der Waals surface area contributed by atoms with Crippen molar-refractivity contribution in [3.8, 4) is 0 Å². The van der Waals surface area contributed by atoms with Crippen LogP contribution in [0.25, 0.3) is 0 Å². The second kappa shape index (κ2) is 7.14. The lowest BCUT2D eigenvalue weighted by molar-refractivity contribution is 0.157. The molecule has 2 aliphatic rings. The molecule has 1 aromatic carbocycles. The maximum Gasteiger partial charge on any atom is 0.198 e. The average molecular weight is 300 g/mol. The standard InChI is InChI=1S/C18H28N4/c1-3-21-12-7-6-9-16(21)14-20-18(19-2)22-13-11-15-8-4-5-10-17(15)22/h4-5,8,10,16H,3,6-7,9,11-14H2,1-2H3,(H,19,20). The number of benzene rings is 1. The molecule has 120 valence electrons. The first-order valence-electron chi connectivity index (χ1n) is 8.63. The van der Waals surface area contributed by atoms with Crippen LogP contribution in [-0.4, -0.2) is 50.1 Å². The number of likely N-dealkylation sites (N-methyl/N-ethyl adjacent to an activating group) is 1. The van der Waals surface area contributed by atoms with E-state index in [0.717, 1.165) is 32.0 Å². The first-order valence-corrected chi connectivity index (χ1v) is 8.63. The van der Waals surface area contributed by atoms with Crippen LogP contribution in [0.5, 0.6) is 0 Å². The van der Waals surface area contributed by atoms with Gasteiger partial charge in [0.2, 0.25) is 0 Å². The number of hydrogen-bond donors (Lipinski definition) is 1. The molecule has 22 heavy (non-hydrogen) atoms. The summed E-state index contributed by atoms with van der Waals surface area (Å²) >= 11 is 0. The Morgan fingerprint density at radius 2 is 2.14 bits per heavy atom. The second-order valence-corrected chi connectivity index (χ2v) is 6.24. The van der Waals surface area contributed by atoms with Crippen molar-refractivity contribution >= 4 is 11.6 Å². The fourth-order valence-electron chi connectivity index (χ4n) is 3.77. The Balaban J connectivity index is 1.64. The van der Waals surface area contributed by atoms with Crippen molar-refractivity contribution in [1.29, 1.82) is 0 Å². The first kappa shape index (κ1) is 15.3. The van der Waals surface area contributed by atoms with Crippen LogP contribution < -0.4 is 10.2 Å². The molecule has 1 aromatic rings. The lowest BCUT2D eigenvalue weighted by atomic mass is 10.0. The number of nitrogens with one attached hydrogen (secondary N) is 1. The van der Waals surface area contributed by atoms with E-state index in [-0.39, 0.29) is 0 Å². The third-order valence-corrected chi connectivity index (χ3v) is 5.01. The third kappa shape index (κ3) is 3.12. The maximum atomic E-state index is 4.52. The molecular weight excluding hydrogens is 272 g/mol. The van der Waals surface area contributed by atoms with Crippen LogP contribution in [0.2, 0.25) is 0 Å². The monoisotopic (exact) mass is 300 g/mol. The molecule has 4 heteroatoms. The minimum Gasteiger partial charge on any atom is -0.354 e. The third-order valence-electron chi connectivity index (χ3n) is 5.01. The van der Waals surface area contributed by atoms with E-state index in [1.54, 1.807) is 0 Å². The van der Waals surface area contributed by atoms with Crippen LogP contribution in [0.4, 0.5) is 5.69 Å². The topological polar surface area (TPSA) is 30.9 Å². The van der Waals surface area contributed by atoms with Gasteiger partial charge in [0.25, 0.3) is 0 Å². The normalized spacial score (nSPS) is 22.7. The number of nitrogens with zero attached hydrogens (tertiary/aromatic N) is 3. The zero-order valence-corrected chi connectivity index (χ0v) is 13.9. The van der Waals surface area contributed by atoms with Gasteiger partial charge in [-0.3, -0.25) is 9.89 Å². The molecule has 1 atom stereocenters. The number of rotatable bonds is 3. The number of fused-ring (bicyclic) bond motifs is 1. The van der Waals surface area contributed by atoms with Gasteiger partial charge >= 0.3 is 0 Å². The van der Waals surface area contributed by atoms with Gasteiger partial charge in [-0.05, 0) is 44.0 Å². The Kier molecular flexibility index (Phi) is 4.98. The summed E-state index contributed by atoms with van der Waals surface area (Å²) in [5, 5.41) is 3.62. The molecule has 4 nitrogen and oxygen atoms in total. The summed E-state index contributed by atoms with van der Waals surface area (Å²) < 4.78 is 0. The zero-order chi connectivity index (χ0) is 15.4. The molecule has 0 saturated carbocycles. The van der Waals surface area contributed by atoms with Crippen LogP contribution in [0, 0.1) is 0 Å². The largest absolute Gasteiger partial charge is 0.354 e. The lowest BCUT2D eigenvalue weighted by Gasteiger charge is -2.35. The molecule has 0 spiro atoms. The van der Waals surface area contributed by atoms with Crippen LogP contribution in [-0.2, 0) is 6.42 Å². The van der Waals surface area contributed by atoms with Gasteiger partial charge in [0.15, 0.2) is 5.96 Å². The molecule has 1 fully saturated rings. The second-order valence-electron chi connectivity index (χ2n) is 6.24. The van der Waals surface area contributed by atoms with E-state index in [0.29, 0.717) is 6.04 Å². The Labute approximate surface area is 134 Å². The molecule has 3 rings (SSSR count). The van der Waals surface area contributed by atoms with E-state index in [2.05, 4.69) is 51.3 Å². The van der Waals surface area contributed by atoms with E-state index in [9.17, 15) is 0 Å². The fourth-order valence-corrected chi connectivity index (χ4v) is 3.77. The molecule has 0 bridgehead atoms. The molecular formula is C18H28N4. The van der Waals surface area contributed by atoms with E-state index in [4.69, 9.17) is 0 Å². The molecule has 0 aromatic heterocycles. The van der Waals surface area contributed by atoms with E-state index < -0.39 is 0 Å². The van der Waals surface area contributed by atoms with Gasteiger partial charge in [-0.1, -0.05) is 31.5 Å². The Morgan fingerprint density at radius 3 is 2.95 bits per heavy atom. The maximum absolute atomic E-state index is 4.52. The van der Waals surface area contributed by atoms with Crippen molar-refractivity contribution in [3.63, 3.8) is 0 Å². The van der Waals surface area contributed by atoms with Gasteiger partial charge in [-0.15, -0.1) is 0 Å². The number of guanidine groups is 1. The van der Waals surface area contributed by atoms with Gasteiger partial charge in [-0.2, -0.15) is 0 Å². The molecule has 1 N–H and O–H groups in total. The highest BCUT2D eigenvalue weighted by Gasteiger charge is 2.25. The Hall–Kier alpha value is -1.55. The lowest BCUT2D eigenvalue weighted by Crippen LogP contribution is -2.49. The molecule has 1 unspecified atom stereocenters. The summed E-state index contributed by atoms with van der Waals surface area (Å²) in [6.07, 6.45) is 5.11. The summed E-state index contributed by atoms with van der Waals surface area (Å²) in [6, 6.07) is 9.31. The predicted octanol–water partition coefficient (Wildman–Crippen LogP) is 2.50. The summed E-state index contributed by atoms with van der Waals surface area (Å²) in [5.74, 6) is 1.02. The van der Waals surface area contributed by atoms with E-state index in [1.807, 2.05) is 7.05 Å². The number of likely N-dealkylation sites (tertiary alicyclic amines) is 1. The number of hydrogen-bond acceptors (Lipinski definition) is 2. The van der Waals surface area contributed by atoms with Crippen molar-refractivity contribution < 1.29 is 0 Å². The highest BCUT2D eigenvalue weighted by molar-refractivity contribution is 5.97. The highest BCUT2D eigenvalue weighted by atomic mass is 15.3. The van der Waals surface area contributed by atoms with Gasteiger partial charge < -0.3 is 10.2 Å². The highest BCUT2D eigenvalue weighted by Crippen LogP contribution is 2.27. The van der Waals surface area contributed by atoms with Crippen LogP contribution in [0.15, 0.2) is 29.3 Å². The minimum atomic E-state index is 0.647. The van der Waals surface area contributed by atoms with Crippen molar-refractivity contribution in [2.24, 2.45) is 4.99 Å². The molecule has 0 radical (unpaired) electrons. The Bertz CT molecular complexity index is 526. The van der Waals surface area contributed by atoms with Crippen LogP contribution >= 0.6 is 0 Å². The minimum absolute atomic E-state index is 0.647. The summed E-state index contributed by atoms with van der Waals surface area (Å²) in [7, 11) is 1.89. The number of para-hydroxylation sites is 1. The van der Waals surface area contributed by atoms with Gasteiger partial charge in [0, 0.05) is 31.9 Å². The predicted molar refractivity (Wildman–Crippen MR) is 93.7 cm³/mol. The summed E-state index contributed by atoms with van der Waals surface area (Å²) in [5.41, 5.74) is 2.74. The SMILES string of the molecule is CCN1CCCCC1CNC(=NC)N1CCc2ccccc21. The smallest absolute Gasteiger partial charge is 0.198 e. The number of anilines is 1. The molecule has 2 aliphatic heterocycles. The number of aliphatic imine (C=N–C) groups is 1. The fraction of sp³-hybridized carbons (Fsp3) is 0.611. The zero-order valence-electron chi connectivity index (χ0n) is 13.9. The van der Waals surface area contributed by atoms with Gasteiger partial charge in [0.05, 0.1) is 0 Å². The van der Waals surface area contributed by atoms with Crippen molar-refractivity contribution in [3.05, 3.63) is 29.8 Å². The van der Waals surface area contributed by atoms with Crippen molar-refractivity contribution in [2.45, 2.75) is 38.6 Å². The van der Waals surface area contributed by atoms with Crippen LogP contribution in [0.1, 0.15) is 31.7 Å². The number of piperidine rings is 1. The van der Waals surface area contributed by atoms with E-state index in [1.165, 1.54) is 37.1 Å². The molecule has 2 heterocycles. The Morgan fingerprint density at radius 1 is 1.27 bits per heavy atom. The quantitative estimate of drug-likeness (QED) is 0.687. The van der Waals surface area contributed by atoms with Gasteiger partial charge in [0.1, 0.15) is 0 Å². The molecule has 1 saturated heterocycles. The summed E-state index contributed by atoms with van der Waals surface area (Å²) in [4.78, 5) is 9.44. The average Bonchev–Trinajstić information content (AvgIpc) is 3.00.